The maximum atomic E-state index is 11.4. The van der Waals surface area contributed by atoms with E-state index >= 15 is 0 Å². The van der Waals surface area contributed by atoms with Gasteiger partial charge < -0.3 is 4.74 Å². The van der Waals surface area contributed by atoms with Crippen molar-refractivity contribution in [2.75, 3.05) is 6.61 Å². The van der Waals surface area contributed by atoms with Crippen molar-refractivity contribution in [1.29, 1.82) is 0 Å². The molecule has 3 nitrogen and oxygen atoms in total. The summed E-state index contributed by atoms with van der Waals surface area (Å²) >= 11 is 0. The molecule has 0 spiro atoms. The molecule has 0 aromatic carbocycles. The van der Waals surface area contributed by atoms with Crippen LogP contribution in [0.2, 0.25) is 0 Å². The summed E-state index contributed by atoms with van der Waals surface area (Å²) in [4.78, 5) is 15.6. The Morgan fingerprint density at radius 2 is 1.50 bits per heavy atom. The summed E-state index contributed by atoms with van der Waals surface area (Å²) in [7, 11) is 0. The van der Waals surface area contributed by atoms with E-state index in [9.17, 15) is 4.79 Å². The molecule has 0 aromatic heterocycles. The lowest BCUT2D eigenvalue weighted by molar-refractivity contribution is -0.142. The zero-order valence-corrected chi connectivity index (χ0v) is 13.3. The highest BCUT2D eigenvalue weighted by molar-refractivity contribution is 6.16. The van der Waals surface area contributed by atoms with Crippen molar-refractivity contribution in [3.63, 3.8) is 0 Å². The molecule has 0 fully saturated rings. The molecule has 0 bridgehead atoms. The topological polar surface area (TPSA) is 38.7 Å². The third-order valence-electron chi connectivity index (χ3n) is 3.84. The molecule has 1 atom stereocenters. The van der Waals surface area contributed by atoms with Gasteiger partial charge in [-0.15, -0.1) is 0 Å². The molecule has 0 aliphatic carbocycles. The maximum Gasteiger partial charge on any atom is 0.336 e. The number of unbranched alkanes of at least 4 members (excludes halogenated alkanes) is 9. The molecule has 0 radical (unpaired) electrons. The van der Waals surface area contributed by atoms with Crippen LogP contribution in [0.25, 0.3) is 0 Å². The van der Waals surface area contributed by atoms with E-state index in [1.54, 1.807) is 0 Å². The molecule has 0 N–H and O–H groups in total. The Hall–Kier alpha value is -0.860. The molecule has 116 valence electrons. The monoisotopic (exact) mass is 281 g/mol. The van der Waals surface area contributed by atoms with Crippen LogP contribution in [0.4, 0.5) is 0 Å². The lowest BCUT2D eigenvalue weighted by Gasteiger charge is -2.01. The van der Waals surface area contributed by atoms with E-state index in [1.165, 1.54) is 64.2 Å². The molecule has 0 saturated heterocycles. The number of esters is 1. The van der Waals surface area contributed by atoms with Gasteiger partial charge in [0.2, 0.25) is 0 Å². The summed E-state index contributed by atoms with van der Waals surface area (Å²) in [5.41, 5.74) is 1.06. The van der Waals surface area contributed by atoms with E-state index in [-0.39, 0.29) is 12.0 Å². The second-order valence-electron chi connectivity index (χ2n) is 5.71. The average Bonchev–Trinajstić information content (AvgIpc) is 3.21. The van der Waals surface area contributed by atoms with Crippen molar-refractivity contribution >= 4 is 11.7 Å². The van der Waals surface area contributed by atoms with Crippen molar-refractivity contribution < 1.29 is 9.53 Å². The molecule has 1 unspecified atom stereocenters. The zero-order valence-electron chi connectivity index (χ0n) is 13.3. The summed E-state index contributed by atoms with van der Waals surface area (Å²) in [5.74, 6) is -0.158. The number of hydrogen-bond acceptors (Lipinski definition) is 3. The minimum Gasteiger partial charge on any atom is -0.464 e. The Morgan fingerprint density at radius 1 is 0.950 bits per heavy atom. The molecule has 1 aliphatic heterocycles. The predicted molar refractivity (Wildman–Crippen MR) is 84.3 cm³/mol. The van der Waals surface area contributed by atoms with Crippen LogP contribution in [0.15, 0.2) is 4.99 Å². The van der Waals surface area contributed by atoms with E-state index in [0.717, 1.165) is 12.1 Å². The van der Waals surface area contributed by atoms with Crippen molar-refractivity contribution in [1.82, 2.24) is 0 Å². The van der Waals surface area contributed by atoms with Crippen LogP contribution in [0, 0.1) is 0 Å². The van der Waals surface area contributed by atoms with E-state index in [4.69, 9.17) is 4.74 Å². The minimum atomic E-state index is -0.214. The fourth-order valence-electron chi connectivity index (χ4n) is 2.53. The largest absolute Gasteiger partial charge is 0.464 e. The smallest absolute Gasteiger partial charge is 0.336 e. The van der Waals surface area contributed by atoms with Gasteiger partial charge in [0.25, 0.3) is 0 Å². The standard InChI is InChI=1S/C17H31NO2/c1-3-5-6-7-8-9-10-11-12-13-14-15-16(18-15)17(19)20-4-2/h16H,3-14H2,1-2H3. The molecule has 0 amide bonds. The number of hydrogen-bond donors (Lipinski definition) is 0. The summed E-state index contributed by atoms with van der Waals surface area (Å²) in [6, 6.07) is -0.214. The summed E-state index contributed by atoms with van der Waals surface area (Å²) in [5, 5.41) is 0. The van der Waals surface area contributed by atoms with Gasteiger partial charge in [0.1, 0.15) is 0 Å². The van der Waals surface area contributed by atoms with Crippen molar-refractivity contribution in [2.24, 2.45) is 4.99 Å². The van der Waals surface area contributed by atoms with Gasteiger partial charge in [-0.05, 0) is 19.8 Å². The molecule has 1 rings (SSSR count). The minimum absolute atomic E-state index is 0.158. The molecule has 3 heteroatoms. The fraction of sp³-hybridized carbons (Fsp3) is 0.882. The summed E-state index contributed by atoms with van der Waals surface area (Å²) < 4.78 is 4.94. The molecular weight excluding hydrogens is 250 g/mol. The second-order valence-corrected chi connectivity index (χ2v) is 5.71. The van der Waals surface area contributed by atoms with Crippen LogP contribution >= 0.6 is 0 Å². The predicted octanol–water partition coefficient (Wildman–Crippen LogP) is 4.68. The first-order chi connectivity index (χ1) is 9.79. The van der Waals surface area contributed by atoms with Gasteiger partial charge in [0, 0.05) is 5.71 Å². The highest BCUT2D eigenvalue weighted by atomic mass is 16.5. The van der Waals surface area contributed by atoms with Crippen LogP contribution in [0.5, 0.6) is 0 Å². The van der Waals surface area contributed by atoms with Gasteiger partial charge in [-0.2, -0.15) is 0 Å². The maximum absolute atomic E-state index is 11.4. The lowest BCUT2D eigenvalue weighted by Crippen LogP contribution is -2.16. The SMILES string of the molecule is CCCCCCCCCCCCC1=NC1C(=O)OCC. The quantitative estimate of drug-likeness (QED) is 0.363. The Bertz CT molecular complexity index is 299. The third kappa shape index (κ3) is 7.66. The van der Waals surface area contributed by atoms with Crippen molar-refractivity contribution in [3.05, 3.63) is 0 Å². The fourth-order valence-corrected chi connectivity index (χ4v) is 2.53. The normalized spacial score (nSPS) is 16.9. The van der Waals surface area contributed by atoms with Gasteiger partial charge in [-0.25, -0.2) is 4.79 Å². The third-order valence-corrected chi connectivity index (χ3v) is 3.84. The first-order valence-electron chi connectivity index (χ1n) is 8.52. The van der Waals surface area contributed by atoms with Crippen LogP contribution in [-0.2, 0) is 9.53 Å². The van der Waals surface area contributed by atoms with E-state index in [2.05, 4.69) is 11.9 Å². The lowest BCUT2D eigenvalue weighted by atomic mass is 10.0. The van der Waals surface area contributed by atoms with Crippen molar-refractivity contribution in [3.8, 4) is 0 Å². The highest BCUT2D eigenvalue weighted by Gasteiger charge is 2.35. The van der Waals surface area contributed by atoms with E-state index in [0.29, 0.717) is 6.61 Å². The molecule has 1 aliphatic rings. The van der Waals surface area contributed by atoms with Crippen LogP contribution in [-0.4, -0.2) is 24.3 Å². The number of carbonyl (C=O) groups is 1. The Morgan fingerprint density at radius 3 is 2.05 bits per heavy atom. The number of aliphatic imine (C=N–C) groups is 1. The van der Waals surface area contributed by atoms with Gasteiger partial charge in [-0.3, -0.25) is 4.99 Å². The number of rotatable bonds is 13. The van der Waals surface area contributed by atoms with Gasteiger partial charge in [-0.1, -0.05) is 64.7 Å². The molecule has 0 saturated carbocycles. The highest BCUT2D eigenvalue weighted by Crippen LogP contribution is 2.20. The molecule has 20 heavy (non-hydrogen) atoms. The summed E-state index contributed by atoms with van der Waals surface area (Å²) in [6.45, 7) is 4.55. The van der Waals surface area contributed by atoms with Gasteiger partial charge >= 0.3 is 5.97 Å². The number of ether oxygens (including phenoxy) is 1. The second kappa shape index (κ2) is 10.9. The number of nitrogens with zero attached hydrogens (tertiary/aromatic N) is 1. The van der Waals surface area contributed by atoms with Crippen LogP contribution in [0.1, 0.15) is 84.5 Å². The molecular formula is C17H31NO2. The molecule has 1 heterocycles. The summed E-state index contributed by atoms with van der Waals surface area (Å²) in [6.07, 6.45) is 14.4. The Balaban J connectivity index is 1.80. The van der Waals surface area contributed by atoms with Crippen molar-refractivity contribution in [2.45, 2.75) is 90.5 Å². The van der Waals surface area contributed by atoms with Crippen LogP contribution in [0.3, 0.4) is 0 Å². The first kappa shape index (κ1) is 17.2. The average molecular weight is 281 g/mol. The Labute approximate surface area is 124 Å². The van der Waals surface area contributed by atoms with Gasteiger partial charge in [0.05, 0.1) is 6.61 Å². The Kier molecular flexibility index (Phi) is 9.35. The van der Waals surface area contributed by atoms with Gasteiger partial charge in [0.15, 0.2) is 6.04 Å². The zero-order chi connectivity index (χ0) is 14.6. The number of carbonyl (C=O) groups excluding carboxylic acids is 1. The van der Waals surface area contributed by atoms with Crippen LogP contribution < -0.4 is 0 Å². The molecule has 0 aromatic rings. The van der Waals surface area contributed by atoms with E-state index < -0.39 is 0 Å². The van der Waals surface area contributed by atoms with E-state index in [1.807, 2.05) is 6.92 Å². The first-order valence-corrected chi connectivity index (χ1v) is 8.52.